The van der Waals surface area contributed by atoms with E-state index in [1.165, 1.54) is 5.39 Å². The third-order valence-electron chi connectivity index (χ3n) is 5.41. The van der Waals surface area contributed by atoms with Crippen LogP contribution >= 0.6 is 11.6 Å². The minimum atomic E-state index is -0.748. The van der Waals surface area contributed by atoms with E-state index in [0.29, 0.717) is 11.4 Å². The highest BCUT2D eigenvalue weighted by Gasteiger charge is 2.35. The fourth-order valence-electron chi connectivity index (χ4n) is 4.16. The normalized spacial score (nSPS) is 19.1. The number of rotatable bonds is 4. The number of piperidine rings is 1. The third kappa shape index (κ3) is 3.71. The van der Waals surface area contributed by atoms with Gasteiger partial charge < -0.3 is 5.11 Å². The van der Waals surface area contributed by atoms with E-state index in [-0.39, 0.29) is 6.04 Å². The molecule has 3 aromatic rings. The highest BCUT2D eigenvalue weighted by atomic mass is 35.5. The number of benzene rings is 3. The van der Waals surface area contributed by atoms with E-state index in [1.54, 1.807) is 0 Å². The first-order chi connectivity index (χ1) is 13.1. The number of carboxylic acids is 1. The first kappa shape index (κ1) is 18.0. The molecule has 2 unspecified atom stereocenters. The lowest BCUT2D eigenvalue weighted by atomic mass is 9.90. The molecule has 3 nitrogen and oxygen atoms in total. The molecule has 0 aliphatic carbocycles. The summed E-state index contributed by atoms with van der Waals surface area (Å²) in [7, 11) is 0. The molecule has 4 rings (SSSR count). The van der Waals surface area contributed by atoms with E-state index >= 15 is 0 Å². The smallest absolute Gasteiger partial charge is 0.320 e. The molecule has 0 spiro atoms. The van der Waals surface area contributed by atoms with Crippen molar-refractivity contribution in [2.24, 2.45) is 0 Å². The van der Waals surface area contributed by atoms with Crippen LogP contribution in [0, 0.1) is 0 Å². The quantitative estimate of drug-likeness (QED) is 0.648. The van der Waals surface area contributed by atoms with Gasteiger partial charge in [-0.15, -0.1) is 0 Å². The van der Waals surface area contributed by atoms with Gasteiger partial charge in [0, 0.05) is 5.02 Å². The molecule has 138 valence electrons. The maximum absolute atomic E-state index is 11.9. The fourth-order valence-corrected chi connectivity index (χ4v) is 4.36. The molecule has 0 aromatic heterocycles. The number of aliphatic carboxylic acids is 1. The van der Waals surface area contributed by atoms with Crippen molar-refractivity contribution in [3.8, 4) is 0 Å². The molecule has 2 atom stereocenters. The second-order valence-electron chi connectivity index (χ2n) is 7.15. The van der Waals surface area contributed by atoms with Crippen LogP contribution in [-0.2, 0) is 4.79 Å². The lowest BCUT2D eigenvalue weighted by molar-refractivity contribution is -0.145. The van der Waals surface area contributed by atoms with Crippen molar-refractivity contribution in [3.05, 3.63) is 82.9 Å². The lowest BCUT2D eigenvalue weighted by Crippen LogP contribution is -2.46. The Morgan fingerprint density at radius 2 is 1.74 bits per heavy atom. The number of nitrogens with zero attached hydrogens (tertiary/aromatic N) is 1. The summed E-state index contributed by atoms with van der Waals surface area (Å²) in [6.45, 7) is 0.765. The molecule has 0 radical (unpaired) electrons. The number of halogens is 1. The molecule has 1 N–H and O–H groups in total. The predicted octanol–water partition coefficient (Wildman–Crippen LogP) is 5.52. The molecular weight excluding hydrogens is 358 g/mol. The Kier molecular flexibility index (Phi) is 5.15. The predicted molar refractivity (Wildman–Crippen MR) is 109 cm³/mol. The number of likely N-dealkylation sites (tertiary alicyclic amines) is 1. The molecule has 3 aromatic carbocycles. The monoisotopic (exact) mass is 379 g/mol. The van der Waals surface area contributed by atoms with Gasteiger partial charge in [-0.05, 0) is 59.5 Å². The van der Waals surface area contributed by atoms with Crippen LogP contribution in [0.15, 0.2) is 66.7 Å². The summed E-state index contributed by atoms with van der Waals surface area (Å²) >= 11 is 6.27. The Hall–Kier alpha value is -2.36. The summed E-state index contributed by atoms with van der Waals surface area (Å²) in [6.07, 6.45) is 2.64. The first-order valence-corrected chi connectivity index (χ1v) is 9.74. The van der Waals surface area contributed by atoms with Crippen molar-refractivity contribution >= 4 is 28.3 Å². The van der Waals surface area contributed by atoms with Gasteiger partial charge in [0.1, 0.15) is 6.04 Å². The highest BCUT2D eigenvalue weighted by molar-refractivity contribution is 6.30. The van der Waals surface area contributed by atoms with Crippen LogP contribution in [0.4, 0.5) is 0 Å². The number of fused-ring (bicyclic) bond motifs is 1. The van der Waals surface area contributed by atoms with Crippen molar-refractivity contribution in [2.45, 2.75) is 31.3 Å². The van der Waals surface area contributed by atoms with Crippen LogP contribution in [0.1, 0.15) is 36.4 Å². The average Bonchev–Trinajstić information content (AvgIpc) is 2.68. The largest absolute Gasteiger partial charge is 0.480 e. The van der Waals surface area contributed by atoms with Gasteiger partial charge in [0.25, 0.3) is 0 Å². The van der Waals surface area contributed by atoms with Crippen molar-refractivity contribution in [1.29, 1.82) is 0 Å². The minimum Gasteiger partial charge on any atom is -0.480 e. The number of hydrogen-bond acceptors (Lipinski definition) is 2. The third-order valence-corrected chi connectivity index (χ3v) is 5.65. The Labute approximate surface area is 164 Å². The molecule has 27 heavy (non-hydrogen) atoms. The van der Waals surface area contributed by atoms with Crippen LogP contribution in [0.2, 0.25) is 5.02 Å². The molecule has 1 aliphatic heterocycles. The van der Waals surface area contributed by atoms with E-state index in [1.807, 2.05) is 36.4 Å². The summed E-state index contributed by atoms with van der Waals surface area (Å²) in [6, 6.07) is 21.8. The Morgan fingerprint density at radius 3 is 2.52 bits per heavy atom. The molecule has 1 fully saturated rings. The van der Waals surface area contributed by atoms with E-state index in [2.05, 4.69) is 35.2 Å². The highest BCUT2D eigenvalue weighted by Crippen LogP contribution is 2.36. The van der Waals surface area contributed by atoms with Crippen LogP contribution in [0.5, 0.6) is 0 Å². The maximum atomic E-state index is 11.9. The van der Waals surface area contributed by atoms with E-state index < -0.39 is 12.0 Å². The summed E-state index contributed by atoms with van der Waals surface area (Å²) in [5, 5.41) is 12.8. The molecule has 0 bridgehead atoms. The fraction of sp³-hybridized carbons (Fsp3) is 0.261. The Balaban J connectivity index is 1.85. The van der Waals surface area contributed by atoms with Crippen LogP contribution in [0.3, 0.4) is 0 Å². The Bertz CT molecular complexity index is 971. The van der Waals surface area contributed by atoms with E-state index in [9.17, 15) is 9.90 Å². The van der Waals surface area contributed by atoms with Gasteiger partial charge in [-0.1, -0.05) is 66.6 Å². The molecule has 1 aliphatic rings. The minimum absolute atomic E-state index is 0.130. The standard InChI is InChI=1S/C23H22ClNO2/c24-20-9-5-8-18(15-20)22(25-13-4-3-10-21(25)23(26)27)19-12-11-16-6-1-2-7-17(16)14-19/h1-2,5-9,11-12,14-15,21-22H,3-4,10,13H2,(H,26,27). The summed E-state index contributed by atoms with van der Waals surface area (Å²) in [4.78, 5) is 14.1. The second-order valence-corrected chi connectivity index (χ2v) is 7.59. The zero-order valence-corrected chi connectivity index (χ0v) is 15.8. The topological polar surface area (TPSA) is 40.5 Å². The number of hydrogen-bond donors (Lipinski definition) is 1. The van der Waals surface area contributed by atoms with Crippen molar-refractivity contribution < 1.29 is 9.90 Å². The number of carboxylic acid groups (broad SMARTS) is 1. The summed E-state index contributed by atoms with van der Waals surface area (Å²) < 4.78 is 0. The zero-order valence-electron chi connectivity index (χ0n) is 15.0. The van der Waals surface area contributed by atoms with Crippen LogP contribution in [0.25, 0.3) is 10.8 Å². The molecule has 0 saturated carbocycles. The van der Waals surface area contributed by atoms with Crippen molar-refractivity contribution in [3.63, 3.8) is 0 Å². The van der Waals surface area contributed by atoms with Crippen molar-refractivity contribution in [2.75, 3.05) is 6.54 Å². The van der Waals surface area contributed by atoms with Crippen LogP contribution < -0.4 is 0 Å². The molecule has 1 heterocycles. The van der Waals surface area contributed by atoms with Crippen LogP contribution in [-0.4, -0.2) is 28.6 Å². The van der Waals surface area contributed by atoms with Crippen molar-refractivity contribution in [1.82, 2.24) is 4.90 Å². The molecular formula is C23H22ClNO2. The van der Waals surface area contributed by atoms with E-state index in [0.717, 1.165) is 35.9 Å². The summed E-state index contributed by atoms with van der Waals surface area (Å²) in [5.41, 5.74) is 2.13. The summed E-state index contributed by atoms with van der Waals surface area (Å²) in [5.74, 6) is -0.748. The lowest BCUT2D eigenvalue weighted by Gasteiger charge is -2.39. The van der Waals surface area contributed by atoms with Gasteiger partial charge in [0.15, 0.2) is 0 Å². The van der Waals surface area contributed by atoms with Gasteiger partial charge in [0.05, 0.1) is 6.04 Å². The second kappa shape index (κ2) is 7.71. The molecule has 4 heteroatoms. The maximum Gasteiger partial charge on any atom is 0.320 e. The van der Waals surface area contributed by atoms with E-state index in [4.69, 9.17) is 11.6 Å². The SMILES string of the molecule is O=C(O)C1CCCCN1C(c1cccc(Cl)c1)c1ccc2ccccc2c1. The first-order valence-electron chi connectivity index (χ1n) is 9.36. The molecule has 0 amide bonds. The van der Waals surface area contributed by atoms with Gasteiger partial charge in [0.2, 0.25) is 0 Å². The average molecular weight is 380 g/mol. The Morgan fingerprint density at radius 1 is 0.963 bits per heavy atom. The van der Waals surface area contributed by atoms with Gasteiger partial charge >= 0.3 is 5.97 Å². The molecule has 1 saturated heterocycles. The number of carbonyl (C=O) groups is 1. The van der Waals surface area contributed by atoms with Gasteiger partial charge in [-0.2, -0.15) is 0 Å². The van der Waals surface area contributed by atoms with Gasteiger partial charge in [-0.25, -0.2) is 0 Å². The van der Waals surface area contributed by atoms with Gasteiger partial charge in [-0.3, -0.25) is 9.69 Å². The zero-order chi connectivity index (χ0) is 18.8.